The van der Waals surface area contributed by atoms with E-state index in [9.17, 15) is 18.0 Å². The van der Waals surface area contributed by atoms with E-state index in [1.165, 1.54) is 24.7 Å². The quantitative estimate of drug-likeness (QED) is 0.319. The Morgan fingerprint density at radius 3 is 2.21 bits per heavy atom. The van der Waals surface area contributed by atoms with E-state index in [4.69, 9.17) is 4.74 Å². The van der Waals surface area contributed by atoms with E-state index in [0.717, 1.165) is 27.8 Å². The number of hydrogen-bond acceptors (Lipinski definition) is 6. The van der Waals surface area contributed by atoms with Crippen LogP contribution in [0.4, 0.5) is 4.79 Å². The van der Waals surface area contributed by atoms with Gasteiger partial charge in [0.15, 0.2) is 0 Å². The number of benzene rings is 3. The molecule has 0 aliphatic heterocycles. The number of aryl methyl sites for hydroxylation is 1. The number of H-pyrrole nitrogens is 1. The molecule has 2 amide bonds. The average molecular weight is 531 g/mol. The Kier molecular flexibility index (Phi) is 6.97. The maximum absolute atomic E-state index is 13.1. The highest BCUT2D eigenvalue weighted by Crippen LogP contribution is 2.44. The molecule has 1 heterocycles. The molecule has 4 aromatic rings. The molecule has 1 aromatic heterocycles. The van der Waals surface area contributed by atoms with Crippen molar-refractivity contribution in [2.75, 3.05) is 6.61 Å². The van der Waals surface area contributed by atoms with Crippen molar-refractivity contribution in [1.82, 2.24) is 20.0 Å². The Bertz CT molecular complexity index is 1520. The van der Waals surface area contributed by atoms with Gasteiger partial charge in [0, 0.05) is 24.2 Å². The lowest BCUT2D eigenvalue weighted by molar-refractivity contribution is -0.121. The van der Waals surface area contributed by atoms with E-state index in [1.807, 2.05) is 55.5 Å². The molecule has 0 fully saturated rings. The summed E-state index contributed by atoms with van der Waals surface area (Å²) in [6, 6.07) is 20.8. The molecule has 1 atom stereocenters. The first-order valence-electron chi connectivity index (χ1n) is 12.0. The highest BCUT2D eigenvalue weighted by Gasteiger charge is 2.31. The summed E-state index contributed by atoms with van der Waals surface area (Å²) in [5, 5.41) is 2.52. The number of ether oxygens (including phenoxy) is 1. The van der Waals surface area contributed by atoms with E-state index in [0.29, 0.717) is 5.69 Å². The summed E-state index contributed by atoms with van der Waals surface area (Å²) in [6.45, 7) is 1.88. The van der Waals surface area contributed by atoms with Crippen LogP contribution in [-0.2, 0) is 26.0 Å². The van der Waals surface area contributed by atoms with Crippen molar-refractivity contribution in [2.24, 2.45) is 0 Å². The summed E-state index contributed by atoms with van der Waals surface area (Å²) < 4.78 is 33.2. The summed E-state index contributed by atoms with van der Waals surface area (Å²) in [5.41, 5.74) is 5.71. The number of nitrogens with zero attached hydrogens (tertiary/aromatic N) is 1. The van der Waals surface area contributed by atoms with E-state index < -0.39 is 28.1 Å². The number of carbonyl (C=O) groups excluding carboxylic acids is 2. The molecule has 10 heteroatoms. The van der Waals surface area contributed by atoms with Gasteiger partial charge in [-0.15, -0.1) is 0 Å². The van der Waals surface area contributed by atoms with Crippen molar-refractivity contribution < 1.29 is 22.7 Å². The molecule has 1 aliphatic carbocycles. The first-order chi connectivity index (χ1) is 18.3. The molecule has 0 spiro atoms. The minimum atomic E-state index is -4.15. The molecule has 0 saturated carbocycles. The molecule has 0 unspecified atom stereocenters. The van der Waals surface area contributed by atoms with Crippen molar-refractivity contribution in [3.63, 3.8) is 0 Å². The largest absolute Gasteiger partial charge is 0.449 e. The van der Waals surface area contributed by atoms with Gasteiger partial charge in [0.1, 0.15) is 12.6 Å². The lowest BCUT2D eigenvalue weighted by atomic mass is 9.98. The van der Waals surface area contributed by atoms with Gasteiger partial charge in [-0.05, 0) is 41.3 Å². The number of fused-ring (bicyclic) bond motifs is 3. The predicted octanol–water partition coefficient (Wildman–Crippen LogP) is 3.67. The van der Waals surface area contributed by atoms with Crippen LogP contribution in [0.5, 0.6) is 0 Å². The zero-order valence-electron chi connectivity index (χ0n) is 20.5. The van der Waals surface area contributed by atoms with Crippen LogP contribution in [0, 0.1) is 6.92 Å². The third kappa shape index (κ3) is 5.30. The van der Waals surface area contributed by atoms with Gasteiger partial charge in [-0.1, -0.05) is 66.2 Å². The van der Waals surface area contributed by atoms with Gasteiger partial charge in [-0.2, -0.15) is 0 Å². The molecule has 194 valence electrons. The van der Waals surface area contributed by atoms with Crippen molar-refractivity contribution >= 4 is 22.0 Å². The summed E-state index contributed by atoms with van der Waals surface area (Å²) >= 11 is 0. The fraction of sp³-hybridized carbons (Fsp3) is 0.179. The number of amides is 2. The van der Waals surface area contributed by atoms with E-state index in [1.54, 1.807) is 12.1 Å². The van der Waals surface area contributed by atoms with Gasteiger partial charge in [0.25, 0.3) is 15.9 Å². The number of alkyl carbamates (subject to hydrolysis) is 1. The highest BCUT2D eigenvalue weighted by molar-refractivity contribution is 7.90. The van der Waals surface area contributed by atoms with Gasteiger partial charge in [-0.3, -0.25) is 4.79 Å². The van der Waals surface area contributed by atoms with Crippen LogP contribution in [0.15, 0.2) is 90.2 Å². The van der Waals surface area contributed by atoms with Gasteiger partial charge < -0.3 is 15.0 Å². The first kappa shape index (κ1) is 25.2. The number of rotatable bonds is 8. The molecule has 0 radical (unpaired) electrons. The molecular weight excluding hydrogens is 504 g/mol. The third-order valence-corrected chi connectivity index (χ3v) is 7.86. The van der Waals surface area contributed by atoms with E-state index in [-0.39, 0.29) is 23.8 Å². The number of nitrogens with one attached hydrogen (secondary N) is 3. The van der Waals surface area contributed by atoms with Gasteiger partial charge >= 0.3 is 6.09 Å². The van der Waals surface area contributed by atoms with Crippen LogP contribution in [-0.4, -0.2) is 43.0 Å². The molecule has 3 aromatic carbocycles. The molecule has 0 bridgehead atoms. The minimum absolute atomic E-state index is 0.0144. The summed E-state index contributed by atoms with van der Waals surface area (Å²) in [6.07, 6.45) is 2.08. The summed E-state index contributed by atoms with van der Waals surface area (Å²) in [5.74, 6) is -1.05. The second-order valence-corrected chi connectivity index (χ2v) is 10.8. The average Bonchev–Trinajstić information content (AvgIpc) is 3.53. The zero-order valence-corrected chi connectivity index (χ0v) is 21.4. The molecular formula is C28H26N4O5S. The fourth-order valence-electron chi connectivity index (χ4n) is 4.59. The Labute approximate surface area is 220 Å². The lowest BCUT2D eigenvalue weighted by Gasteiger charge is -2.19. The van der Waals surface area contributed by atoms with E-state index in [2.05, 4.69) is 20.0 Å². The van der Waals surface area contributed by atoms with Crippen molar-refractivity contribution in [2.45, 2.75) is 30.2 Å². The predicted molar refractivity (Wildman–Crippen MR) is 141 cm³/mol. The minimum Gasteiger partial charge on any atom is -0.449 e. The molecule has 5 rings (SSSR count). The van der Waals surface area contributed by atoms with Crippen LogP contribution >= 0.6 is 0 Å². The second-order valence-electron chi connectivity index (χ2n) is 9.09. The summed E-state index contributed by atoms with van der Waals surface area (Å²) in [7, 11) is -4.15. The zero-order chi connectivity index (χ0) is 26.7. The number of sulfonamides is 1. The van der Waals surface area contributed by atoms with Gasteiger partial charge in [0.05, 0.1) is 11.2 Å². The fourth-order valence-corrected chi connectivity index (χ4v) is 5.61. The topological polar surface area (TPSA) is 130 Å². The maximum atomic E-state index is 13.1. The first-order valence-corrected chi connectivity index (χ1v) is 13.5. The van der Waals surface area contributed by atoms with Crippen LogP contribution in [0.3, 0.4) is 0 Å². The SMILES string of the molecule is Cc1ccc(S(=O)(=O)NC(=O)[C@@H](Cc2cnc[nH]2)NC(=O)OCC2c3ccccc3-c3ccccc32)cc1. The number of aromatic amines is 1. The van der Waals surface area contributed by atoms with Crippen LogP contribution in [0.25, 0.3) is 11.1 Å². The van der Waals surface area contributed by atoms with Crippen LogP contribution < -0.4 is 10.0 Å². The smallest absolute Gasteiger partial charge is 0.407 e. The van der Waals surface area contributed by atoms with Gasteiger partial charge in [-0.25, -0.2) is 22.9 Å². The standard InChI is InChI=1S/C28H26N4O5S/c1-18-10-12-20(13-11-18)38(35,36)32-27(33)26(14-19-15-29-17-30-19)31-28(34)37-16-25-23-8-4-2-6-21(23)22-7-3-5-9-24(22)25/h2-13,15,17,25-26H,14,16H2,1H3,(H,29,30)(H,31,34)(H,32,33)/t26-/m1/s1. The number of carbonyl (C=O) groups is 2. The Hall–Kier alpha value is -4.44. The maximum Gasteiger partial charge on any atom is 0.407 e. The third-order valence-electron chi connectivity index (χ3n) is 6.50. The van der Waals surface area contributed by atoms with Crippen molar-refractivity contribution in [3.05, 3.63) is 108 Å². The Balaban J connectivity index is 1.29. The number of aromatic nitrogens is 2. The summed E-state index contributed by atoms with van der Waals surface area (Å²) in [4.78, 5) is 32.6. The molecule has 9 nitrogen and oxygen atoms in total. The van der Waals surface area contributed by atoms with Crippen LogP contribution in [0.1, 0.15) is 28.3 Å². The highest BCUT2D eigenvalue weighted by atomic mass is 32.2. The molecule has 0 saturated heterocycles. The van der Waals surface area contributed by atoms with Crippen molar-refractivity contribution in [1.29, 1.82) is 0 Å². The van der Waals surface area contributed by atoms with Crippen LogP contribution in [0.2, 0.25) is 0 Å². The Morgan fingerprint density at radius 1 is 0.974 bits per heavy atom. The number of hydrogen-bond donors (Lipinski definition) is 3. The van der Waals surface area contributed by atoms with Crippen molar-refractivity contribution in [3.8, 4) is 11.1 Å². The normalized spacial score (nSPS) is 13.3. The van der Waals surface area contributed by atoms with E-state index >= 15 is 0 Å². The number of imidazole rings is 1. The molecule has 3 N–H and O–H groups in total. The Morgan fingerprint density at radius 2 is 1.61 bits per heavy atom. The van der Waals surface area contributed by atoms with Gasteiger partial charge in [0.2, 0.25) is 0 Å². The monoisotopic (exact) mass is 530 g/mol. The molecule has 1 aliphatic rings. The molecule has 38 heavy (non-hydrogen) atoms. The lowest BCUT2D eigenvalue weighted by Crippen LogP contribution is -2.49. The second kappa shape index (κ2) is 10.5.